The summed E-state index contributed by atoms with van der Waals surface area (Å²) in [6.07, 6.45) is 2.90. The van der Waals surface area contributed by atoms with Crippen molar-refractivity contribution in [3.8, 4) is 11.5 Å². The maximum atomic E-state index is 12.9. The number of halogens is 1. The number of carbonyl (C=O) groups is 2. The average molecular weight is 455 g/mol. The molecule has 6 heteroatoms. The maximum Gasteiger partial charge on any atom is 0.344 e. The number of ether oxygens (including phenoxy) is 3. The van der Waals surface area contributed by atoms with Gasteiger partial charge in [-0.05, 0) is 63.5 Å². The van der Waals surface area contributed by atoms with Gasteiger partial charge in [-0.2, -0.15) is 0 Å². The number of rotatable bonds is 6. The van der Waals surface area contributed by atoms with Crippen LogP contribution < -0.4 is 9.47 Å². The molecule has 0 atom stereocenters. The smallest absolute Gasteiger partial charge is 0.344 e. The largest absolute Gasteiger partial charge is 0.490 e. The number of fused-ring (bicyclic) bond motifs is 1. The molecule has 0 aliphatic heterocycles. The van der Waals surface area contributed by atoms with Crippen LogP contribution in [0.5, 0.6) is 11.5 Å². The summed E-state index contributed by atoms with van der Waals surface area (Å²) in [6, 6.07) is 16.5. The second-order valence-corrected chi connectivity index (χ2v) is 6.89. The summed E-state index contributed by atoms with van der Waals surface area (Å²) in [5.74, 6) is -0.285. The number of hydrogen-bond donors (Lipinski definition) is 0. The highest BCUT2D eigenvalue weighted by Gasteiger charge is 2.18. The van der Waals surface area contributed by atoms with Gasteiger partial charge >= 0.3 is 11.9 Å². The Morgan fingerprint density at radius 1 is 1.07 bits per heavy atom. The molecule has 0 fully saturated rings. The number of benzene rings is 3. The van der Waals surface area contributed by atoms with E-state index >= 15 is 0 Å². The minimum Gasteiger partial charge on any atom is -0.490 e. The highest BCUT2D eigenvalue weighted by atomic mass is 79.9. The van der Waals surface area contributed by atoms with E-state index in [0.717, 1.165) is 10.8 Å². The first-order valence-electron chi connectivity index (χ1n) is 8.95. The first kappa shape index (κ1) is 20.6. The van der Waals surface area contributed by atoms with Crippen LogP contribution in [0.3, 0.4) is 0 Å². The summed E-state index contributed by atoms with van der Waals surface area (Å²) >= 11 is 3.44. The Morgan fingerprint density at radius 2 is 1.83 bits per heavy atom. The van der Waals surface area contributed by atoms with Crippen LogP contribution in [0.25, 0.3) is 16.8 Å². The highest BCUT2D eigenvalue weighted by Crippen LogP contribution is 2.38. The molecule has 0 heterocycles. The zero-order chi connectivity index (χ0) is 20.8. The number of hydrogen-bond acceptors (Lipinski definition) is 5. The van der Waals surface area contributed by atoms with Crippen LogP contribution in [0.2, 0.25) is 0 Å². The lowest BCUT2D eigenvalue weighted by molar-refractivity contribution is -0.134. The van der Waals surface area contributed by atoms with Crippen LogP contribution in [0.15, 0.2) is 65.1 Å². The van der Waals surface area contributed by atoms with E-state index in [-0.39, 0.29) is 5.75 Å². The molecule has 3 rings (SSSR count). The third-order valence-corrected chi connectivity index (χ3v) is 4.74. The van der Waals surface area contributed by atoms with Gasteiger partial charge in [0.05, 0.1) is 23.8 Å². The summed E-state index contributed by atoms with van der Waals surface area (Å²) in [4.78, 5) is 24.2. The Hall–Kier alpha value is -3.12. The van der Waals surface area contributed by atoms with Gasteiger partial charge in [-0.25, -0.2) is 9.59 Å². The summed E-state index contributed by atoms with van der Waals surface area (Å²) < 4.78 is 16.5. The lowest BCUT2D eigenvalue weighted by Gasteiger charge is -2.14. The highest BCUT2D eigenvalue weighted by molar-refractivity contribution is 9.10. The second kappa shape index (κ2) is 9.39. The van der Waals surface area contributed by atoms with Crippen molar-refractivity contribution in [2.24, 2.45) is 0 Å². The predicted molar refractivity (Wildman–Crippen MR) is 115 cm³/mol. The fraction of sp³-hybridized carbons (Fsp3) is 0.130. The first-order chi connectivity index (χ1) is 14.0. The summed E-state index contributed by atoms with van der Waals surface area (Å²) in [6.45, 7) is 2.22. The molecule has 5 nitrogen and oxygen atoms in total. The molecule has 0 N–H and O–H groups in total. The Labute approximate surface area is 177 Å². The van der Waals surface area contributed by atoms with Crippen LogP contribution >= 0.6 is 15.9 Å². The average Bonchev–Trinajstić information content (AvgIpc) is 2.74. The van der Waals surface area contributed by atoms with Gasteiger partial charge in [0.2, 0.25) is 0 Å². The number of methoxy groups -OCH3 is 1. The topological polar surface area (TPSA) is 61.8 Å². The molecule has 0 bridgehead atoms. The van der Waals surface area contributed by atoms with Crippen molar-refractivity contribution >= 4 is 44.7 Å². The molecule has 0 spiro atoms. The SMILES string of the molecule is CCOc1cc(/C=C/C(=O)OC)cc(Br)c1OC(=O)c1cccc2ccccc12. The Kier molecular flexibility index (Phi) is 6.67. The lowest BCUT2D eigenvalue weighted by Crippen LogP contribution is -2.11. The normalized spacial score (nSPS) is 10.9. The van der Waals surface area contributed by atoms with Crippen molar-refractivity contribution in [2.75, 3.05) is 13.7 Å². The van der Waals surface area contributed by atoms with Gasteiger partial charge in [0.15, 0.2) is 11.5 Å². The molecule has 0 saturated carbocycles. The fourth-order valence-corrected chi connectivity index (χ4v) is 3.37. The van der Waals surface area contributed by atoms with E-state index in [1.165, 1.54) is 13.2 Å². The molecule has 0 saturated heterocycles. The minimum absolute atomic E-state index is 0.278. The molecule has 148 valence electrons. The van der Waals surface area contributed by atoms with Gasteiger partial charge < -0.3 is 14.2 Å². The Bertz CT molecular complexity index is 1080. The molecule has 3 aromatic rings. The van der Waals surface area contributed by atoms with Crippen molar-refractivity contribution in [3.05, 3.63) is 76.3 Å². The number of carbonyl (C=O) groups excluding carboxylic acids is 2. The van der Waals surface area contributed by atoms with Gasteiger partial charge in [-0.1, -0.05) is 36.4 Å². The summed E-state index contributed by atoms with van der Waals surface area (Å²) in [5, 5.41) is 1.76. The third kappa shape index (κ3) is 4.84. The standard InChI is InChI=1S/C23H19BrO5/c1-3-28-20-14-15(11-12-21(25)27-2)13-19(24)22(20)29-23(26)18-10-6-8-16-7-4-5-9-17(16)18/h4-14H,3H2,1-2H3/b12-11+. The molecule has 3 aromatic carbocycles. The fourth-order valence-electron chi connectivity index (χ4n) is 2.83. The molecule has 0 aromatic heterocycles. The van der Waals surface area contributed by atoms with E-state index in [2.05, 4.69) is 20.7 Å². The van der Waals surface area contributed by atoms with Crippen molar-refractivity contribution in [2.45, 2.75) is 6.92 Å². The van der Waals surface area contributed by atoms with E-state index in [1.54, 1.807) is 24.3 Å². The van der Waals surface area contributed by atoms with Crippen LogP contribution in [0.1, 0.15) is 22.8 Å². The van der Waals surface area contributed by atoms with Gasteiger partial charge in [0.25, 0.3) is 0 Å². The van der Waals surface area contributed by atoms with Gasteiger partial charge in [0, 0.05) is 6.08 Å². The molecule has 0 radical (unpaired) electrons. The van der Waals surface area contributed by atoms with Crippen LogP contribution in [0, 0.1) is 0 Å². The van der Waals surface area contributed by atoms with E-state index in [4.69, 9.17) is 9.47 Å². The van der Waals surface area contributed by atoms with E-state index in [1.807, 2.05) is 43.3 Å². The van der Waals surface area contributed by atoms with Gasteiger partial charge in [0.1, 0.15) is 0 Å². The number of esters is 2. The third-order valence-electron chi connectivity index (χ3n) is 4.15. The zero-order valence-corrected chi connectivity index (χ0v) is 17.6. The molecule has 0 unspecified atom stereocenters. The Morgan fingerprint density at radius 3 is 2.59 bits per heavy atom. The van der Waals surface area contributed by atoms with Gasteiger partial charge in [-0.15, -0.1) is 0 Å². The monoisotopic (exact) mass is 454 g/mol. The molecule has 0 aliphatic carbocycles. The summed E-state index contributed by atoms with van der Waals surface area (Å²) in [5.41, 5.74) is 1.16. The van der Waals surface area contributed by atoms with Crippen molar-refractivity contribution < 1.29 is 23.8 Å². The first-order valence-corrected chi connectivity index (χ1v) is 9.75. The van der Waals surface area contributed by atoms with Crippen molar-refractivity contribution in [3.63, 3.8) is 0 Å². The second-order valence-electron chi connectivity index (χ2n) is 6.04. The van der Waals surface area contributed by atoms with E-state index in [9.17, 15) is 9.59 Å². The molecule has 0 aliphatic rings. The Balaban J connectivity index is 1.96. The quantitative estimate of drug-likeness (QED) is 0.283. The van der Waals surface area contributed by atoms with E-state index in [0.29, 0.717) is 28.0 Å². The molecular weight excluding hydrogens is 436 g/mol. The summed E-state index contributed by atoms with van der Waals surface area (Å²) in [7, 11) is 1.31. The van der Waals surface area contributed by atoms with Crippen LogP contribution in [-0.2, 0) is 9.53 Å². The van der Waals surface area contributed by atoms with Crippen LogP contribution in [-0.4, -0.2) is 25.7 Å². The minimum atomic E-state index is -0.485. The van der Waals surface area contributed by atoms with E-state index < -0.39 is 11.9 Å². The van der Waals surface area contributed by atoms with Crippen molar-refractivity contribution in [1.29, 1.82) is 0 Å². The van der Waals surface area contributed by atoms with Crippen LogP contribution in [0.4, 0.5) is 0 Å². The zero-order valence-electron chi connectivity index (χ0n) is 16.0. The molecule has 0 amide bonds. The lowest BCUT2D eigenvalue weighted by atomic mass is 10.0. The molecular formula is C23H19BrO5. The maximum absolute atomic E-state index is 12.9. The van der Waals surface area contributed by atoms with Gasteiger partial charge in [-0.3, -0.25) is 0 Å². The molecule has 29 heavy (non-hydrogen) atoms. The van der Waals surface area contributed by atoms with Crippen molar-refractivity contribution in [1.82, 2.24) is 0 Å². The predicted octanol–water partition coefficient (Wildman–Crippen LogP) is 5.41.